The molecule has 144 valence electrons. The van der Waals surface area contributed by atoms with E-state index in [-0.39, 0.29) is 18.6 Å². The summed E-state index contributed by atoms with van der Waals surface area (Å²) in [5, 5.41) is 3.13. The van der Waals surface area contributed by atoms with Gasteiger partial charge in [0, 0.05) is 6.42 Å². The van der Waals surface area contributed by atoms with Gasteiger partial charge in [0.1, 0.15) is 5.69 Å². The van der Waals surface area contributed by atoms with Crippen molar-refractivity contribution >= 4 is 34.7 Å². The number of hydrogen-bond acceptors (Lipinski definition) is 5. The third kappa shape index (κ3) is 4.88. The molecule has 1 heterocycles. The Morgan fingerprint density at radius 1 is 0.926 bits per heavy atom. The summed E-state index contributed by atoms with van der Waals surface area (Å²) < 4.78 is 70.3. The normalized spacial score (nSPS) is 10.6. The zero-order valence-electron chi connectivity index (χ0n) is 13.3. The van der Waals surface area contributed by atoms with Crippen LogP contribution in [0.1, 0.15) is 22.5 Å². The first-order valence-corrected chi connectivity index (χ1v) is 8.14. The maximum Gasteiger partial charge on any atom is 0.306 e. The Bertz CT molecular complexity index is 856. The fourth-order valence-electron chi connectivity index (χ4n) is 1.88. The number of thiophene rings is 1. The number of amides is 1. The van der Waals surface area contributed by atoms with Gasteiger partial charge in [0.25, 0.3) is 5.91 Å². The fraction of sp³-hybridized carbons (Fsp3) is 0.188. The molecule has 0 aliphatic carbocycles. The molecule has 0 aliphatic rings. The van der Waals surface area contributed by atoms with Gasteiger partial charge in [-0.05, 0) is 11.4 Å². The van der Waals surface area contributed by atoms with Gasteiger partial charge in [-0.1, -0.05) is 6.07 Å². The van der Waals surface area contributed by atoms with Crippen molar-refractivity contribution in [1.82, 2.24) is 0 Å². The lowest BCUT2D eigenvalue weighted by Gasteiger charge is -2.10. The Kier molecular flexibility index (Phi) is 6.61. The summed E-state index contributed by atoms with van der Waals surface area (Å²) in [6.45, 7) is -1.04. The Hall–Kier alpha value is -2.82. The van der Waals surface area contributed by atoms with E-state index in [2.05, 4.69) is 4.74 Å². The predicted molar refractivity (Wildman–Crippen MR) is 83.7 cm³/mol. The third-order valence-corrected chi connectivity index (χ3v) is 4.10. The second kappa shape index (κ2) is 8.71. The largest absolute Gasteiger partial charge is 0.456 e. The summed E-state index contributed by atoms with van der Waals surface area (Å²) in [5.41, 5.74) is -1.56. The molecule has 11 heteroatoms. The maximum absolute atomic E-state index is 13.4. The van der Waals surface area contributed by atoms with E-state index in [9.17, 15) is 36.3 Å². The van der Waals surface area contributed by atoms with Crippen molar-refractivity contribution in [3.63, 3.8) is 0 Å². The predicted octanol–water partition coefficient (Wildman–Crippen LogP) is 3.59. The molecule has 5 nitrogen and oxygen atoms in total. The van der Waals surface area contributed by atoms with Gasteiger partial charge in [0.2, 0.25) is 5.82 Å². The first-order valence-electron chi connectivity index (χ1n) is 7.26. The highest BCUT2D eigenvalue weighted by Crippen LogP contribution is 2.27. The molecule has 1 aromatic heterocycles. The molecule has 1 aromatic carbocycles. The van der Waals surface area contributed by atoms with E-state index in [1.807, 2.05) is 0 Å². The molecular weight excluding hydrogens is 397 g/mol. The van der Waals surface area contributed by atoms with Crippen LogP contribution >= 0.6 is 11.3 Å². The average molecular weight is 407 g/mol. The molecule has 0 fully saturated rings. The van der Waals surface area contributed by atoms with Crippen LogP contribution in [0.25, 0.3) is 0 Å². The molecule has 0 saturated carbocycles. The number of benzene rings is 1. The molecule has 0 saturated heterocycles. The number of ether oxygens (including phenoxy) is 1. The summed E-state index contributed by atoms with van der Waals surface area (Å²) >= 11 is 1.18. The van der Waals surface area contributed by atoms with E-state index >= 15 is 0 Å². The van der Waals surface area contributed by atoms with Crippen LogP contribution in [-0.2, 0) is 14.3 Å². The first kappa shape index (κ1) is 20.5. The number of nitrogens with one attached hydrogen (secondary N) is 1. The van der Waals surface area contributed by atoms with Crippen LogP contribution in [-0.4, -0.2) is 24.3 Å². The van der Waals surface area contributed by atoms with Gasteiger partial charge in [-0.15, -0.1) is 11.3 Å². The quantitative estimate of drug-likeness (QED) is 0.250. The molecule has 2 aromatic rings. The molecular formula is C16H10F5NO4S. The van der Waals surface area contributed by atoms with E-state index in [0.717, 1.165) is 0 Å². The Morgan fingerprint density at radius 3 is 2.07 bits per heavy atom. The van der Waals surface area contributed by atoms with Crippen LogP contribution in [0.4, 0.5) is 27.6 Å². The Labute approximate surface area is 152 Å². The Morgan fingerprint density at radius 2 is 1.52 bits per heavy atom. The number of hydrogen-bond donors (Lipinski definition) is 1. The summed E-state index contributed by atoms with van der Waals surface area (Å²) in [6, 6.07) is 3.22. The molecule has 0 aliphatic heterocycles. The van der Waals surface area contributed by atoms with Gasteiger partial charge in [0.15, 0.2) is 35.7 Å². The van der Waals surface area contributed by atoms with E-state index < -0.39 is 53.3 Å². The third-order valence-electron chi connectivity index (χ3n) is 3.19. The lowest BCUT2D eigenvalue weighted by atomic mass is 10.2. The van der Waals surface area contributed by atoms with Crippen molar-refractivity contribution in [3.05, 3.63) is 51.5 Å². The molecule has 1 amide bonds. The summed E-state index contributed by atoms with van der Waals surface area (Å²) in [6.07, 6.45) is -0.537. The second-order valence-corrected chi connectivity index (χ2v) is 6.00. The molecule has 0 unspecified atom stereocenters. The van der Waals surface area contributed by atoms with Crippen molar-refractivity contribution < 1.29 is 41.1 Å². The van der Waals surface area contributed by atoms with Crippen molar-refractivity contribution in [3.8, 4) is 0 Å². The number of halogens is 5. The average Bonchev–Trinajstić information content (AvgIpc) is 3.19. The minimum Gasteiger partial charge on any atom is -0.456 e. The van der Waals surface area contributed by atoms with Gasteiger partial charge in [-0.25, -0.2) is 22.0 Å². The van der Waals surface area contributed by atoms with E-state index in [1.54, 1.807) is 17.5 Å². The topological polar surface area (TPSA) is 72.5 Å². The van der Waals surface area contributed by atoms with Crippen LogP contribution in [0.5, 0.6) is 0 Å². The number of anilines is 1. The lowest BCUT2D eigenvalue weighted by molar-refractivity contribution is -0.147. The highest BCUT2D eigenvalue weighted by Gasteiger charge is 2.27. The van der Waals surface area contributed by atoms with E-state index in [1.165, 1.54) is 16.7 Å². The molecule has 2 rings (SSSR count). The van der Waals surface area contributed by atoms with Crippen LogP contribution < -0.4 is 5.32 Å². The highest BCUT2D eigenvalue weighted by atomic mass is 32.1. The van der Waals surface area contributed by atoms with Gasteiger partial charge in [0.05, 0.1) is 11.3 Å². The molecule has 0 radical (unpaired) electrons. The zero-order valence-corrected chi connectivity index (χ0v) is 14.1. The minimum absolute atomic E-state index is 0.182. The van der Waals surface area contributed by atoms with Gasteiger partial charge >= 0.3 is 5.97 Å². The number of esters is 1. The number of rotatable bonds is 7. The monoisotopic (exact) mass is 407 g/mol. The zero-order chi connectivity index (χ0) is 20.1. The van der Waals surface area contributed by atoms with Crippen LogP contribution in [0.3, 0.4) is 0 Å². The van der Waals surface area contributed by atoms with Crippen LogP contribution in [0, 0.1) is 29.1 Å². The summed E-state index contributed by atoms with van der Waals surface area (Å²) in [4.78, 5) is 35.2. The van der Waals surface area contributed by atoms with Crippen molar-refractivity contribution in [2.45, 2.75) is 12.8 Å². The smallest absolute Gasteiger partial charge is 0.306 e. The van der Waals surface area contributed by atoms with Gasteiger partial charge < -0.3 is 10.1 Å². The van der Waals surface area contributed by atoms with Crippen LogP contribution in [0.2, 0.25) is 0 Å². The van der Waals surface area contributed by atoms with Gasteiger partial charge in [-0.2, -0.15) is 0 Å². The molecule has 0 spiro atoms. The summed E-state index contributed by atoms with van der Waals surface area (Å²) in [5.74, 6) is -13.9. The van der Waals surface area contributed by atoms with Crippen molar-refractivity contribution in [2.75, 3.05) is 11.9 Å². The lowest BCUT2D eigenvalue weighted by Crippen LogP contribution is -2.23. The molecule has 0 bridgehead atoms. The fourth-order valence-corrected chi connectivity index (χ4v) is 2.58. The number of carbonyl (C=O) groups excluding carboxylic acids is 3. The van der Waals surface area contributed by atoms with E-state index in [4.69, 9.17) is 0 Å². The maximum atomic E-state index is 13.4. The molecule has 0 atom stereocenters. The number of carbonyl (C=O) groups is 3. The summed E-state index contributed by atoms with van der Waals surface area (Å²) in [7, 11) is 0. The SMILES string of the molecule is O=C(COC(=O)CCC(=O)c1cccs1)Nc1c(F)c(F)c(F)c(F)c1F. The first-order chi connectivity index (χ1) is 12.7. The molecule has 27 heavy (non-hydrogen) atoms. The van der Waals surface area contributed by atoms with Crippen molar-refractivity contribution in [1.29, 1.82) is 0 Å². The number of ketones is 1. The highest BCUT2D eigenvalue weighted by molar-refractivity contribution is 7.12. The van der Waals surface area contributed by atoms with Crippen LogP contribution in [0.15, 0.2) is 17.5 Å². The minimum atomic E-state index is -2.37. The van der Waals surface area contributed by atoms with Gasteiger partial charge in [-0.3, -0.25) is 14.4 Å². The molecule has 1 N–H and O–H groups in total. The van der Waals surface area contributed by atoms with E-state index in [0.29, 0.717) is 4.88 Å². The number of Topliss-reactive ketones (excluding diaryl/α,β-unsaturated/α-hetero) is 1. The second-order valence-electron chi connectivity index (χ2n) is 5.05. The standard InChI is InChI=1S/C16H10F5NO4S/c17-11-12(18)14(20)16(15(21)13(11)19)22-9(24)6-26-10(25)4-3-7(23)8-2-1-5-27-8/h1-2,5H,3-4,6H2,(H,22,24). The Balaban J connectivity index is 1.88. The van der Waals surface area contributed by atoms with Crippen molar-refractivity contribution in [2.24, 2.45) is 0 Å².